The Bertz CT molecular complexity index is 496. The van der Waals surface area contributed by atoms with E-state index < -0.39 is 0 Å². The largest absolute Gasteiger partial charge is 1.00 e. The summed E-state index contributed by atoms with van der Waals surface area (Å²) in [6.07, 6.45) is 7.06. The maximum Gasteiger partial charge on any atom is 0.269 e. The highest BCUT2D eigenvalue weighted by Gasteiger charge is 2.21. The molecule has 6 heteroatoms. The smallest absolute Gasteiger partial charge is 0.269 e. The number of halogens is 2. The van der Waals surface area contributed by atoms with Gasteiger partial charge in [0.15, 0.2) is 24.8 Å². The van der Waals surface area contributed by atoms with Gasteiger partial charge in [0.2, 0.25) is 13.1 Å². The van der Waals surface area contributed by atoms with E-state index in [9.17, 15) is 9.59 Å². The Morgan fingerprint density at radius 3 is 1.20 bits per heavy atom. The molecule has 4 nitrogen and oxygen atoms in total. The van der Waals surface area contributed by atoms with Crippen LogP contribution in [0, 0.1) is 0 Å². The van der Waals surface area contributed by atoms with Gasteiger partial charge in [-0.15, -0.1) is 0 Å². The molecule has 0 aliphatic carbocycles. The van der Waals surface area contributed by atoms with Crippen LogP contribution in [0.15, 0.2) is 61.2 Å². The number of carbonyl (C=O) groups excluding carboxylic acids is 2. The molecule has 2 aromatic rings. The molecule has 0 aliphatic heterocycles. The molecule has 20 heavy (non-hydrogen) atoms. The summed E-state index contributed by atoms with van der Waals surface area (Å²) in [5.41, 5.74) is 0. The highest BCUT2D eigenvalue weighted by molar-refractivity contribution is 6.36. The molecule has 0 bridgehead atoms. The zero-order valence-corrected chi connectivity index (χ0v) is 12.2. The van der Waals surface area contributed by atoms with Gasteiger partial charge in [-0.3, -0.25) is 9.59 Å². The molecule has 0 fully saturated rings. The van der Waals surface area contributed by atoms with E-state index in [0.29, 0.717) is 0 Å². The van der Waals surface area contributed by atoms with Crippen LogP contribution in [0.2, 0.25) is 0 Å². The molecule has 106 valence electrons. The van der Waals surface area contributed by atoms with E-state index in [1.54, 1.807) is 33.9 Å². The van der Waals surface area contributed by atoms with E-state index in [4.69, 9.17) is 0 Å². The molecule has 0 saturated carbocycles. The molecule has 2 heterocycles. The standard InChI is InChI=1S/C14H14N2O2.2ClH/c17-13(11-15-7-3-1-4-8-15)14(18)12-16-9-5-2-6-10-16;;/h1-10H,11-12H2;2*1H/q+2;;/p-2. The molecule has 2 aromatic heterocycles. The van der Waals surface area contributed by atoms with Gasteiger partial charge in [-0.25, -0.2) is 0 Å². The first-order chi connectivity index (χ1) is 8.75. The van der Waals surface area contributed by atoms with Crippen LogP contribution in [0.3, 0.4) is 0 Å². The molecule has 0 aliphatic rings. The minimum Gasteiger partial charge on any atom is -1.00 e. The fraction of sp³-hybridized carbons (Fsp3) is 0.143. The molecule has 0 atom stereocenters. The second kappa shape index (κ2) is 9.18. The van der Waals surface area contributed by atoms with Crippen molar-refractivity contribution in [3.8, 4) is 0 Å². The second-order valence-electron chi connectivity index (χ2n) is 3.94. The summed E-state index contributed by atoms with van der Waals surface area (Å²) in [4.78, 5) is 23.5. The van der Waals surface area contributed by atoms with E-state index >= 15 is 0 Å². The number of nitrogens with zero attached hydrogens (tertiary/aromatic N) is 2. The number of ketones is 2. The monoisotopic (exact) mass is 312 g/mol. The van der Waals surface area contributed by atoms with Crippen LogP contribution in [0.25, 0.3) is 0 Å². The molecule has 0 spiro atoms. The summed E-state index contributed by atoms with van der Waals surface area (Å²) in [5, 5.41) is 0. The number of aromatic nitrogens is 2. The Balaban J connectivity index is 0.00000180. The Hall–Kier alpha value is -1.78. The Morgan fingerprint density at radius 2 is 0.900 bits per heavy atom. The van der Waals surface area contributed by atoms with Crippen molar-refractivity contribution in [1.29, 1.82) is 0 Å². The van der Waals surface area contributed by atoms with Gasteiger partial charge in [0.25, 0.3) is 11.6 Å². The fourth-order valence-electron chi connectivity index (χ4n) is 1.59. The third-order valence-electron chi connectivity index (χ3n) is 2.52. The number of carbonyl (C=O) groups is 2. The number of rotatable bonds is 5. The normalized spacial score (nSPS) is 9.00. The lowest BCUT2D eigenvalue weighted by Crippen LogP contribution is -3.00. The number of hydrogen-bond donors (Lipinski definition) is 0. The summed E-state index contributed by atoms with van der Waals surface area (Å²) < 4.78 is 3.38. The lowest BCUT2D eigenvalue weighted by atomic mass is 10.2. The molecular formula is C14H14Cl2N2O2. The van der Waals surface area contributed by atoms with Crippen molar-refractivity contribution in [2.45, 2.75) is 13.1 Å². The summed E-state index contributed by atoms with van der Waals surface area (Å²) in [7, 11) is 0. The third-order valence-corrected chi connectivity index (χ3v) is 2.52. The number of Topliss-reactive ketones (excluding diaryl/α,β-unsaturated/α-hetero) is 2. The van der Waals surface area contributed by atoms with Crippen LogP contribution in [-0.2, 0) is 22.7 Å². The Morgan fingerprint density at radius 1 is 0.600 bits per heavy atom. The zero-order chi connectivity index (χ0) is 12.8. The van der Waals surface area contributed by atoms with Gasteiger partial charge >= 0.3 is 0 Å². The number of pyridine rings is 2. The second-order valence-corrected chi connectivity index (χ2v) is 3.94. The van der Waals surface area contributed by atoms with Crippen LogP contribution in [0.4, 0.5) is 0 Å². The summed E-state index contributed by atoms with van der Waals surface area (Å²) in [5.74, 6) is -0.773. The van der Waals surface area contributed by atoms with Crippen molar-refractivity contribution in [2.75, 3.05) is 0 Å². The first-order valence-electron chi connectivity index (χ1n) is 5.70. The van der Waals surface area contributed by atoms with E-state index in [1.807, 2.05) is 36.4 Å². The van der Waals surface area contributed by atoms with Crippen molar-refractivity contribution < 1.29 is 43.5 Å². The Labute approximate surface area is 129 Å². The Kier molecular flexibility index (Phi) is 8.36. The maximum absolute atomic E-state index is 11.7. The molecule has 0 amide bonds. The van der Waals surface area contributed by atoms with Gasteiger partial charge in [0, 0.05) is 24.3 Å². The molecular weight excluding hydrogens is 299 g/mol. The summed E-state index contributed by atoms with van der Waals surface area (Å²) in [6.45, 7) is 0.181. The van der Waals surface area contributed by atoms with E-state index in [-0.39, 0.29) is 49.5 Å². The van der Waals surface area contributed by atoms with Crippen LogP contribution >= 0.6 is 0 Å². The fourth-order valence-corrected chi connectivity index (χ4v) is 1.59. The average Bonchev–Trinajstić information content (AvgIpc) is 2.41. The molecule has 0 saturated heterocycles. The van der Waals surface area contributed by atoms with Crippen molar-refractivity contribution in [3.63, 3.8) is 0 Å². The van der Waals surface area contributed by atoms with Gasteiger partial charge < -0.3 is 24.8 Å². The first-order valence-corrected chi connectivity index (χ1v) is 5.70. The SMILES string of the molecule is O=C(C[n+]1ccccc1)C(=O)C[n+]1ccccc1.[Cl-].[Cl-]. The van der Waals surface area contributed by atoms with Crippen LogP contribution in [0.1, 0.15) is 0 Å². The maximum atomic E-state index is 11.7. The van der Waals surface area contributed by atoms with Gasteiger partial charge in [0.1, 0.15) is 0 Å². The van der Waals surface area contributed by atoms with Crippen LogP contribution < -0.4 is 33.9 Å². The minimum absolute atomic E-state index is 0. The lowest BCUT2D eigenvalue weighted by Gasteiger charge is -1.95. The summed E-state index contributed by atoms with van der Waals surface area (Å²) in [6, 6.07) is 11.0. The van der Waals surface area contributed by atoms with Gasteiger partial charge in [-0.2, -0.15) is 9.13 Å². The molecule has 2 rings (SSSR count). The molecule has 0 aromatic carbocycles. The van der Waals surface area contributed by atoms with Crippen molar-refractivity contribution >= 4 is 11.6 Å². The highest BCUT2D eigenvalue weighted by atomic mass is 35.5. The molecule has 0 N–H and O–H groups in total. The van der Waals surface area contributed by atoms with Gasteiger partial charge in [0.05, 0.1) is 0 Å². The van der Waals surface area contributed by atoms with Crippen LogP contribution in [0.5, 0.6) is 0 Å². The van der Waals surface area contributed by atoms with Crippen LogP contribution in [-0.4, -0.2) is 11.6 Å². The topological polar surface area (TPSA) is 41.9 Å². The van der Waals surface area contributed by atoms with Crippen molar-refractivity contribution in [3.05, 3.63) is 61.2 Å². The summed E-state index contributed by atoms with van der Waals surface area (Å²) >= 11 is 0. The predicted molar refractivity (Wildman–Crippen MR) is 63.3 cm³/mol. The lowest BCUT2D eigenvalue weighted by molar-refractivity contribution is -0.687. The minimum atomic E-state index is -0.387. The third kappa shape index (κ3) is 5.47. The molecule has 0 unspecified atom stereocenters. The predicted octanol–water partition coefficient (Wildman–Crippen LogP) is -5.89. The number of hydrogen-bond acceptors (Lipinski definition) is 2. The molecule has 0 radical (unpaired) electrons. The van der Waals surface area contributed by atoms with E-state index in [1.165, 1.54) is 0 Å². The van der Waals surface area contributed by atoms with E-state index in [0.717, 1.165) is 0 Å². The van der Waals surface area contributed by atoms with Gasteiger partial charge in [-0.05, 0) is 0 Å². The van der Waals surface area contributed by atoms with E-state index in [2.05, 4.69) is 0 Å². The highest BCUT2D eigenvalue weighted by Crippen LogP contribution is 1.84. The van der Waals surface area contributed by atoms with Crippen molar-refractivity contribution in [2.24, 2.45) is 0 Å². The average molecular weight is 313 g/mol. The first kappa shape index (κ1) is 18.2. The quantitative estimate of drug-likeness (QED) is 0.408. The zero-order valence-electron chi connectivity index (χ0n) is 10.7. The van der Waals surface area contributed by atoms with Crippen molar-refractivity contribution in [1.82, 2.24) is 0 Å². The van der Waals surface area contributed by atoms with Gasteiger partial charge in [-0.1, -0.05) is 12.1 Å².